The van der Waals surface area contributed by atoms with Crippen LogP contribution in [0.1, 0.15) is 169 Å². The second-order valence-electron chi connectivity index (χ2n) is 13.5. The van der Waals surface area contributed by atoms with Crippen molar-refractivity contribution >= 4 is 23.8 Å². The van der Waals surface area contributed by atoms with Gasteiger partial charge in [0.25, 0.3) is 0 Å². The second-order valence-corrected chi connectivity index (χ2v) is 13.5. The molecular formula is C38H53Cl2CoN3. The Kier molecular flexibility index (Phi) is 17.4. The number of hydrogen-bond donors (Lipinski definition) is 0. The molecule has 1 aromatic heterocycles. The van der Waals surface area contributed by atoms with Crippen LogP contribution in [0.4, 0.5) is 11.4 Å². The molecule has 0 saturated heterocycles. The topological polar surface area (TPSA) is 37.6 Å². The van der Waals surface area contributed by atoms with Gasteiger partial charge in [-0.05, 0) is 93.5 Å². The largest absolute Gasteiger partial charge is 2.00 e. The van der Waals surface area contributed by atoms with Crippen LogP contribution in [0.3, 0.4) is 0 Å². The molecule has 0 unspecified atom stereocenters. The SMILES string of the molecule is Cc1cc(C=Nc2c(C(C)C)cc(C(C)C)cc2C(C)C)nc(C=Nc2c(C(C)C)cc(C(C)C)cc2C(C)C)c1.[Cl-].[Cl-].[Co+2]. The van der Waals surface area contributed by atoms with Gasteiger partial charge >= 0.3 is 16.8 Å². The molecule has 1 heterocycles. The first-order chi connectivity index (χ1) is 19.2. The summed E-state index contributed by atoms with van der Waals surface area (Å²) in [6.45, 7) is 29.2. The maximum absolute atomic E-state index is 5.09. The van der Waals surface area contributed by atoms with Crippen LogP contribution in [0.5, 0.6) is 0 Å². The molecular weight excluding hydrogens is 628 g/mol. The summed E-state index contributed by atoms with van der Waals surface area (Å²) in [7, 11) is 0. The number of halogens is 2. The fourth-order valence-electron chi connectivity index (χ4n) is 5.25. The summed E-state index contributed by atoms with van der Waals surface area (Å²) in [4.78, 5) is 15.1. The van der Waals surface area contributed by atoms with E-state index in [4.69, 9.17) is 15.0 Å². The minimum Gasteiger partial charge on any atom is -1.00 e. The molecule has 0 aliphatic heterocycles. The number of pyridine rings is 1. The van der Waals surface area contributed by atoms with E-state index in [0.29, 0.717) is 35.5 Å². The third-order valence-corrected chi connectivity index (χ3v) is 7.86. The summed E-state index contributed by atoms with van der Waals surface area (Å²) in [5, 5.41) is 0. The van der Waals surface area contributed by atoms with Crippen LogP contribution < -0.4 is 24.8 Å². The van der Waals surface area contributed by atoms with Crippen molar-refractivity contribution in [3.63, 3.8) is 0 Å². The third kappa shape index (κ3) is 10.5. The third-order valence-electron chi connectivity index (χ3n) is 7.86. The first kappa shape index (κ1) is 42.0. The van der Waals surface area contributed by atoms with Gasteiger partial charge in [0.05, 0.1) is 35.2 Å². The number of rotatable bonds is 10. The summed E-state index contributed by atoms with van der Waals surface area (Å²) in [5.41, 5.74) is 13.0. The van der Waals surface area contributed by atoms with Crippen molar-refractivity contribution in [3.05, 3.63) is 86.7 Å². The molecule has 6 heteroatoms. The summed E-state index contributed by atoms with van der Waals surface area (Å²) in [5.74, 6) is 2.52. The Morgan fingerprint density at radius 3 is 0.977 bits per heavy atom. The summed E-state index contributed by atoms with van der Waals surface area (Å²) >= 11 is 0. The van der Waals surface area contributed by atoms with Crippen molar-refractivity contribution in [2.45, 2.75) is 126 Å². The Balaban J connectivity index is 0.00000616. The molecule has 3 aromatic rings. The van der Waals surface area contributed by atoms with Gasteiger partial charge in [-0.3, -0.25) is 9.98 Å². The normalized spacial score (nSPS) is 11.8. The average Bonchev–Trinajstić information content (AvgIpc) is 2.88. The van der Waals surface area contributed by atoms with E-state index in [1.807, 2.05) is 12.4 Å². The number of hydrogen-bond acceptors (Lipinski definition) is 3. The number of aryl methyl sites for hydroxylation is 1. The molecule has 2 aromatic carbocycles. The van der Waals surface area contributed by atoms with Crippen molar-refractivity contribution in [3.8, 4) is 0 Å². The molecule has 0 N–H and O–H groups in total. The zero-order valence-corrected chi connectivity index (χ0v) is 31.6. The Labute approximate surface area is 291 Å². The molecule has 0 spiro atoms. The Morgan fingerprint density at radius 2 is 0.750 bits per heavy atom. The standard InChI is InChI=1S/C38H53N3.2ClH.Co/c1-22(2)29-16-33(24(5)6)37(34(17-29)25(7)8)39-20-31-14-28(13)15-32(41-31)21-40-38-35(26(9)10)18-30(23(3)4)19-36(38)27(11)12;;;/h14-27H,1-13H3;2*1H;/q;;;+2/p-2. The first-order valence-electron chi connectivity index (χ1n) is 15.6. The van der Waals surface area contributed by atoms with E-state index in [-0.39, 0.29) is 41.6 Å². The van der Waals surface area contributed by atoms with Crippen LogP contribution in [0, 0.1) is 6.92 Å². The van der Waals surface area contributed by atoms with Gasteiger partial charge in [0, 0.05) is 0 Å². The molecule has 0 fully saturated rings. The summed E-state index contributed by atoms with van der Waals surface area (Å²) in [6, 6.07) is 13.6. The van der Waals surface area contributed by atoms with Crippen molar-refractivity contribution in [1.29, 1.82) is 0 Å². The van der Waals surface area contributed by atoms with E-state index in [2.05, 4.69) is 126 Å². The predicted octanol–water partition coefficient (Wildman–Crippen LogP) is 5.64. The van der Waals surface area contributed by atoms with Crippen molar-refractivity contribution < 1.29 is 41.6 Å². The van der Waals surface area contributed by atoms with Gasteiger partial charge in [0.1, 0.15) is 0 Å². The number of aliphatic imine (C=N–C) groups is 2. The number of nitrogens with zero attached hydrogens (tertiary/aromatic N) is 3. The monoisotopic (exact) mass is 680 g/mol. The molecule has 1 radical (unpaired) electrons. The van der Waals surface area contributed by atoms with Crippen LogP contribution in [-0.4, -0.2) is 17.4 Å². The fourth-order valence-corrected chi connectivity index (χ4v) is 5.25. The summed E-state index contributed by atoms with van der Waals surface area (Å²) in [6.07, 6.45) is 3.87. The van der Waals surface area contributed by atoms with E-state index in [1.165, 1.54) is 33.4 Å². The molecule has 3 nitrogen and oxygen atoms in total. The van der Waals surface area contributed by atoms with Gasteiger partial charge in [-0.1, -0.05) is 107 Å². The molecule has 0 atom stereocenters. The maximum Gasteiger partial charge on any atom is 2.00 e. The maximum atomic E-state index is 5.09. The quantitative estimate of drug-likeness (QED) is 0.256. The molecule has 0 aliphatic rings. The minimum atomic E-state index is 0. The molecule has 0 amide bonds. The van der Waals surface area contributed by atoms with Gasteiger partial charge in [0.15, 0.2) is 0 Å². The molecule has 0 aliphatic carbocycles. The van der Waals surface area contributed by atoms with Crippen LogP contribution >= 0.6 is 0 Å². The van der Waals surface area contributed by atoms with Crippen LogP contribution in [-0.2, 0) is 16.8 Å². The van der Waals surface area contributed by atoms with Crippen molar-refractivity contribution in [2.75, 3.05) is 0 Å². The Morgan fingerprint density at radius 1 is 0.477 bits per heavy atom. The fraction of sp³-hybridized carbons (Fsp3) is 0.500. The van der Waals surface area contributed by atoms with Crippen LogP contribution in [0.15, 0.2) is 46.4 Å². The van der Waals surface area contributed by atoms with E-state index in [1.54, 1.807) is 0 Å². The van der Waals surface area contributed by atoms with E-state index >= 15 is 0 Å². The minimum absolute atomic E-state index is 0. The molecule has 243 valence electrons. The Bertz CT molecular complexity index is 1260. The number of aromatic nitrogens is 1. The molecule has 0 saturated carbocycles. The van der Waals surface area contributed by atoms with E-state index in [9.17, 15) is 0 Å². The smallest absolute Gasteiger partial charge is 1.00 e. The zero-order valence-electron chi connectivity index (χ0n) is 29.0. The van der Waals surface area contributed by atoms with E-state index < -0.39 is 0 Å². The van der Waals surface area contributed by atoms with Gasteiger partial charge in [-0.2, -0.15) is 0 Å². The van der Waals surface area contributed by atoms with Gasteiger partial charge < -0.3 is 24.8 Å². The van der Waals surface area contributed by atoms with Gasteiger partial charge in [-0.15, -0.1) is 0 Å². The molecule has 0 bridgehead atoms. The second kappa shape index (κ2) is 18.2. The zero-order chi connectivity index (χ0) is 30.6. The van der Waals surface area contributed by atoms with Crippen molar-refractivity contribution in [1.82, 2.24) is 4.98 Å². The Hall–Kier alpha value is -1.98. The average molecular weight is 682 g/mol. The first-order valence-corrected chi connectivity index (χ1v) is 15.6. The van der Waals surface area contributed by atoms with E-state index in [0.717, 1.165) is 28.3 Å². The van der Waals surface area contributed by atoms with Crippen LogP contribution in [0.2, 0.25) is 0 Å². The van der Waals surface area contributed by atoms with Crippen LogP contribution in [0.25, 0.3) is 0 Å². The summed E-state index contributed by atoms with van der Waals surface area (Å²) < 4.78 is 0. The predicted molar refractivity (Wildman–Crippen MR) is 181 cm³/mol. The van der Waals surface area contributed by atoms with Gasteiger partial charge in [0.2, 0.25) is 0 Å². The van der Waals surface area contributed by atoms with Gasteiger partial charge in [-0.25, -0.2) is 4.98 Å². The molecule has 3 rings (SSSR count). The van der Waals surface area contributed by atoms with Crippen molar-refractivity contribution in [2.24, 2.45) is 9.98 Å². The number of benzene rings is 2. The molecule has 44 heavy (non-hydrogen) atoms.